The average Bonchev–Trinajstić information content (AvgIpc) is 2.77. The van der Waals surface area contributed by atoms with Crippen molar-refractivity contribution in [1.29, 1.82) is 0 Å². The van der Waals surface area contributed by atoms with Crippen LogP contribution in [0.15, 0.2) is 42.6 Å². The topological polar surface area (TPSA) is 54.9 Å². The van der Waals surface area contributed by atoms with Crippen LogP contribution in [-0.4, -0.2) is 56.2 Å². The molecule has 0 saturated carbocycles. The highest BCUT2D eigenvalue weighted by atomic mass is 19.4. The first-order valence-electron chi connectivity index (χ1n) is 9.29. The van der Waals surface area contributed by atoms with Crippen LogP contribution < -0.4 is 14.4 Å². The number of ether oxygens (including phenoxy) is 2. The number of carbonyl (C=O) groups is 1. The Labute approximate surface area is 172 Å². The second-order valence-corrected chi connectivity index (χ2v) is 6.66. The molecule has 2 aromatic rings. The Morgan fingerprint density at radius 3 is 2.37 bits per heavy atom. The molecule has 30 heavy (non-hydrogen) atoms. The van der Waals surface area contributed by atoms with Gasteiger partial charge in [-0.15, -0.1) is 0 Å². The second kappa shape index (κ2) is 9.06. The molecule has 1 aromatic heterocycles. The number of alkyl halides is 3. The van der Waals surface area contributed by atoms with E-state index in [1.165, 1.54) is 12.1 Å². The molecule has 0 atom stereocenters. The minimum Gasteiger partial charge on any atom is -0.497 e. The quantitative estimate of drug-likeness (QED) is 0.692. The fraction of sp³-hybridized carbons (Fsp3) is 0.333. The van der Waals surface area contributed by atoms with E-state index in [-0.39, 0.29) is 5.91 Å². The maximum atomic E-state index is 12.7. The zero-order chi connectivity index (χ0) is 21.7. The van der Waals surface area contributed by atoms with Gasteiger partial charge in [-0.3, -0.25) is 4.79 Å². The third kappa shape index (κ3) is 5.03. The Morgan fingerprint density at radius 2 is 1.80 bits per heavy atom. The average molecular weight is 421 g/mol. The summed E-state index contributed by atoms with van der Waals surface area (Å²) in [6, 6.07) is 7.69. The van der Waals surface area contributed by atoms with Gasteiger partial charge < -0.3 is 19.3 Å². The number of carbonyl (C=O) groups excluding carboxylic acids is 1. The summed E-state index contributed by atoms with van der Waals surface area (Å²) in [4.78, 5) is 20.0. The lowest BCUT2D eigenvalue weighted by Gasteiger charge is -2.35. The Morgan fingerprint density at radius 1 is 1.07 bits per heavy atom. The van der Waals surface area contributed by atoms with E-state index in [9.17, 15) is 18.0 Å². The number of rotatable bonds is 5. The summed E-state index contributed by atoms with van der Waals surface area (Å²) < 4.78 is 48.5. The van der Waals surface area contributed by atoms with Gasteiger partial charge in [-0.2, -0.15) is 13.2 Å². The molecule has 1 fully saturated rings. The van der Waals surface area contributed by atoms with E-state index >= 15 is 0 Å². The Balaban J connectivity index is 1.58. The number of methoxy groups -OCH3 is 2. The van der Waals surface area contributed by atoms with Crippen LogP contribution in [0, 0.1) is 0 Å². The summed E-state index contributed by atoms with van der Waals surface area (Å²) in [6.07, 6.45) is -0.409. The zero-order valence-corrected chi connectivity index (χ0v) is 16.6. The molecule has 0 bridgehead atoms. The highest BCUT2D eigenvalue weighted by molar-refractivity contribution is 5.92. The summed E-state index contributed by atoms with van der Waals surface area (Å²) in [5.74, 6) is 1.57. The number of nitrogens with zero attached hydrogens (tertiary/aromatic N) is 3. The molecule has 1 aromatic carbocycles. The van der Waals surface area contributed by atoms with Gasteiger partial charge in [0, 0.05) is 50.1 Å². The molecular weight excluding hydrogens is 399 g/mol. The largest absolute Gasteiger partial charge is 0.497 e. The molecule has 3 rings (SSSR count). The van der Waals surface area contributed by atoms with E-state index in [0.717, 1.165) is 17.8 Å². The fourth-order valence-corrected chi connectivity index (χ4v) is 3.12. The van der Waals surface area contributed by atoms with Gasteiger partial charge in [0.15, 0.2) is 0 Å². The molecule has 6 nitrogen and oxygen atoms in total. The minimum atomic E-state index is -4.41. The normalized spacial score (nSPS) is 14.8. The number of amides is 1. The highest BCUT2D eigenvalue weighted by Crippen LogP contribution is 2.29. The van der Waals surface area contributed by atoms with E-state index in [0.29, 0.717) is 43.5 Å². The molecule has 0 radical (unpaired) electrons. The lowest BCUT2D eigenvalue weighted by molar-refractivity contribution is -0.137. The highest BCUT2D eigenvalue weighted by Gasteiger charge is 2.31. The summed E-state index contributed by atoms with van der Waals surface area (Å²) in [5.41, 5.74) is -0.0293. The number of piperazine rings is 1. The lowest BCUT2D eigenvalue weighted by atomic mass is 10.1. The molecule has 9 heteroatoms. The van der Waals surface area contributed by atoms with Crippen LogP contribution in [-0.2, 0) is 11.0 Å². The van der Waals surface area contributed by atoms with Crippen molar-refractivity contribution >= 4 is 17.8 Å². The van der Waals surface area contributed by atoms with Crippen molar-refractivity contribution in [3.63, 3.8) is 0 Å². The first-order valence-corrected chi connectivity index (χ1v) is 9.29. The van der Waals surface area contributed by atoms with Gasteiger partial charge in [-0.1, -0.05) is 0 Å². The van der Waals surface area contributed by atoms with Crippen molar-refractivity contribution < 1.29 is 27.4 Å². The summed E-state index contributed by atoms with van der Waals surface area (Å²) in [5, 5.41) is 0. The van der Waals surface area contributed by atoms with Crippen molar-refractivity contribution in [3.8, 4) is 11.5 Å². The second-order valence-electron chi connectivity index (χ2n) is 6.66. The van der Waals surface area contributed by atoms with Gasteiger partial charge in [0.2, 0.25) is 5.91 Å². The van der Waals surface area contributed by atoms with Crippen LogP contribution in [0.2, 0.25) is 0 Å². The third-order valence-electron chi connectivity index (χ3n) is 4.84. The van der Waals surface area contributed by atoms with Gasteiger partial charge in [0.25, 0.3) is 0 Å². The van der Waals surface area contributed by atoms with Crippen molar-refractivity contribution in [2.24, 2.45) is 0 Å². The third-order valence-corrected chi connectivity index (χ3v) is 4.84. The predicted molar refractivity (Wildman–Crippen MR) is 107 cm³/mol. The fourth-order valence-electron chi connectivity index (χ4n) is 3.12. The number of halogens is 3. The summed E-state index contributed by atoms with van der Waals surface area (Å²) >= 11 is 0. The monoisotopic (exact) mass is 421 g/mol. The van der Waals surface area contributed by atoms with E-state index in [4.69, 9.17) is 9.47 Å². The molecule has 1 saturated heterocycles. The molecule has 0 unspecified atom stereocenters. The zero-order valence-electron chi connectivity index (χ0n) is 16.6. The maximum Gasteiger partial charge on any atom is 0.417 e. The van der Waals surface area contributed by atoms with Crippen LogP contribution in [0.25, 0.3) is 6.08 Å². The smallest absolute Gasteiger partial charge is 0.417 e. The van der Waals surface area contributed by atoms with Crippen molar-refractivity contribution in [3.05, 3.63) is 53.7 Å². The number of aromatic nitrogens is 1. The van der Waals surface area contributed by atoms with Crippen LogP contribution in [0.4, 0.5) is 19.0 Å². The minimum absolute atomic E-state index is 0.145. The number of pyridine rings is 1. The molecule has 1 aliphatic heterocycles. The van der Waals surface area contributed by atoms with Crippen molar-refractivity contribution in [2.45, 2.75) is 6.18 Å². The van der Waals surface area contributed by atoms with Crippen LogP contribution in [0.1, 0.15) is 11.1 Å². The predicted octanol–water partition coefficient (Wildman–Crippen LogP) is 3.48. The number of hydrogen-bond donors (Lipinski definition) is 0. The molecule has 160 valence electrons. The van der Waals surface area contributed by atoms with Gasteiger partial charge in [0.1, 0.15) is 17.3 Å². The van der Waals surface area contributed by atoms with Gasteiger partial charge in [-0.25, -0.2) is 4.98 Å². The molecule has 2 heterocycles. The first kappa shape index (κ1) is 21.5. The van der Waals surface area contributed by atoms with Gasteiger partial charge in [0.05, 0.1) is 19.8 Å². The molecule has 1 aliphatic rings. The number of benzene rings is 1. The molecule has 0 spiro atoms. The standard InChI is InChI=1S/C21H22F3N3O3/c1-29-17-6-3-15(18(13-17)30-2)4-8-20(28)27-11-9-26(10-12-27)19-7-5-16(14-25-19)21(22,23)24/h3-8,13-14H,9-12H2,1-2H3/b8-4+. The Bertz CT molecular complexity index is 906. The maximum absolute atomic E-state index is 12.7. The molecular formula is C21H22F3N3O3. The van der Waals surface area contributed by atoms with Gasteiger partial charge in [-0.05, 0) is 30.3 Å². The molecule has 0 aliphatic carbocycles. The number of hydrogen-bond acceptors (Lipinski definition) is 5. The van der Waals surface area contributed by atoms with Crippen LogP contribution >= 0.6 is 0 Å². The van der Waals surface area contributed by atoms with Crippen molar-refractivity contribution in [2.75, 3.05) is 45.3 Å². The SMILES string of the molecule is COc1ccc(/C=C/C(=O)N2CCN(c3ccc(C(F)(F)F)cn3)CC2)c(OC)c1. The summed E-state index contributed by atoms with van der Waals surface area (Å²) in [7, 11) is 3.11. The van der Waals surface area contributed by atoms with E-state index in [2.05, 4.69) is 4.98 Å². The summed E-state index contributed by atoms with van der Waals surface area (Å²) in [6.45, 7) is 1.88. The van der Waals surface area contributed by atoms with E-state index < -0.39 is 11.7 Å². The van der Waals surface area contributed by atoms with E-state index in [1.807, 2.05) is 4.90 Å². The lowest BCUT2D eigenvalue weighted by Crippen LogP contribution is -2.48. The Kier molecular flexibility index (Phi) is 6.49. The van der Waals surface area contributed by atoms with Crippen molar-refractivity contribution in [1.82, 2.24) is 9.88 Å². The number of anilines is 1. The van der Waals surface area contributed by atoms with Crippen LogP contribution in [0.3, 0.4) is 0 Å². The molecule has 1 amide bonds. The van der Waals surface area contributed by atoms with Crippen LogP contribution in [0.5, 0.6) is 11.5 Å². The van der Waals surface area contributed by atoms with Gasteiger partial charge >= 0.3 is 6.18 Å². The van der Waals surface area contributed by atoms with E-state index in [1.54, 1.807) is 43.4 Å². The Hall–Kier alpha value is -3.23. The first-order chi connectivity index (χ1) is 14.3. The molecule has 0 N–H and O–H groups in total.